The fraction of sp³-hybridized carbons (Fsp3) is 0.226. The number of hydrogen-bond donors (Lipinski definition) is 1. The van der Waals surface area contributed by atoms with Gasteiger partial charge in [0.1, 0.15) is 0 Å². The number of benzene rings is 2. The predicted molar refractivity (Wildman–Crippen MR) is 160 cm³/mol. The van der Waals surface area contributed by atoms with E-state index in [1.54, 1.807) is 72.6 Å². The van der Waals surface area contributed by atoms with Crippen molar-refractivity contribution >= 4 is 38.7 Å². The fourth-order valence-corrected chi connectivity index (χ4v) is 8.17. The second-order valence-corrected chi connectivity index (χ2v) is 12.8. The average Bonchev–Trinajstić information content (AvgIpc) is 3.66. The number of carbonyl (C=O) groups excluding carboxylic acids is 1. The van der Waals surface area contributed by atoms with Crippen LogP contribution < -0.4 is 4.90 Å². The highest BCUT2D eigenvalue weighted by atomic mass is 32.2. The molecule has 43 heavy (non-hydrogen) atoms. The first-order chi connectivity index (χ1) is 20.6. The minimum Gasteiger partial charge on any atom is -0.465 e. The Labute approximate surface area is 247 Å². The highest BCUT2D eigenvalue weighted by Gasteiger charge is 2.54. The molecule has 3 aromatic heterocycles. The minimum atomic E-state index is -4.20. The van der Waals surface area contributed by atoms with Crippen LogP contribution in [0.2, 0.25) is 0 Å². The molecule has 218 valence electrons. The molecule has 7 rings (SSSR count). The van der Waals surface area contributed by atoms with E-state index in [-0.39, 0.29) is 42.4 Å². The number of likely N-dealkylation sites (tertiary alicyclic amines) is 1. The number of amides is 2. The van der Waals surface area contributed by atoms with Crippen molar-refractivity contribution in [3.8, 4) is 22.4 Å². The van der Waals surface area contributed by atoms with Crippen LogP contribution in [0.3, 0.4) is 0 Å². The van der Waals surface area contributed by atoms with Crippen molar-refractivity contribution in [1.29, 1.82) is 0 Å². The third kappa shape index (κ3) is 3.82. The summed E-state index contributed by atoms with van der Waals surface area (Å²) in [6.07, 6.45) is 4.44. The van der Waals surface area contributed by atoms with Crippen LogP contribution in [0.4, 0.5) is 10.5 Å². The summed E-state index contributed by atoms with van der Waals surface area (Å²) in [5.41, 5.74) is 2.75. The Balaban J connectivity index is 1.65. The third-order valence-corrected chi connectivity index (χ3v) is 10.4. The zero-order valence-corrected chi connectivity index (χ0v) is 24.3. The second-order valence-electron chi connectivity index (χ2n) is 11.0. The zero-order chi connectivity index (χ0) is 30.1. The zero-order valence-electron chi connectivity index (χ0n) is 23.5. The monoisotopic (exact) mass is 596 g/mol. The van der Waals surface area contributed by atoms with Crippen molar-refractivity contribution < 1.29 is 23.1 Å². The van der Waals surface area contributed by atoms with Crippen molar-refractivity contribution in [2.45, 2.75) is 23.2 Å². The quantitative estimate of drug-likeness (QED) is 0.327. The van der Waals surface area contributed by atoms with Crippen LogP contribution in [0, 0.1) is 0 Å². The van der Waals surface area contributed by atoms with Gasteiger partial charge in [-0.1, -0.05) is 48.5 Å². The molecule has 11 nitrogen and oxygen atoms in total. The lowest BCUT2D eigenvalue weighted by atomic mass is 9.72. The molecule has 1 fully saturated rings. The van der Waals surface area contributed by atoms with Gasteiger partial charge in [-0.25, -0.2) is 22.2 Å². The number of aromatic nitrogens is 4. The predicted octanol–water partition coefficient (Wildman–Crippen LogP) is 4.33. The van der Waals surface area contributed by atoms with Crippen molar-refractivity contribution in [2.75, 3.05) is 25.0 Å². The van der Waals surface area contributed by atoms with Crippen LogP contribution >= 0.6 is 0 Å². The molecule has 0 atom stereocenters. The SMILES string of the molecule is CN1C(=O)C2(CCN(C(=O)O)CC2)c2c1cnc1c2c(-c2ccccc2)c(-c2cnn(C)c2)n1S(=O)(=O)c1ccccc1. The molecular formula is C31H28N6O5S. The first kappa shape index (κ1) is 26.9. The molecule has 2 aromatic carbocycles. The molecule has 0 unspecified atom stereocenters. The smallest absolute Gasteiger partial charge is 0.407 e. The molecule has 2 aliphatic heterocycles. The molecule has 0 aliphatic carbocycles. The van der Waals surface area contributed by atoms with Crippen LogP contribution in [-0.2, 0) is 27.3 Å². The van der Waals surface area contributed by atoms with Gasteiger partial charge in [0.05, 0.1) is 34.1 Å². The molecule has 1 saturated heterocycles. The van der Waals surface area contributed by atoms with Gasteiger partial charge in [0.2, 0.25) is 5.91 Å². The Kier molecular flexibility index (Phi) is 5.96. The van der Waals surface area contributed by atoms with Gasteiger partial charge in [-0.2, -0.15) is 5.10 Å². The van der Waals surface area contributed by atoms with Gasteiger partial charge in [0.25, 0.3) is 10.0 Å². The van der Waals surface area contributed by atoms with Crippen molar-refractivity contribution in [2.24, 2.45) is 7.05 Å². The Morgan fingerprint density at radius 3 is 2.19 bits per heavy atom. The Morgan fingerprint density at radius 2 is 1.58 bits per heavy atom. The molecule has 0 saturated carbocycles. The van der Waals surface area contributed by atoms with Gasteiger partial charge in [-0.3, -0.25) is 9.48 Å². The first-order valence-corrected chi connectivity index (χ1v) is 15.3. The van der Waals surface area contributed by atoms with Gasteiger partial charge in [-0.05, 0) is 30.5 Å². The van der Waals surface area contributed by atoms with E-state index < -0.39 is 21.5 Å². The largest absolute Gasteiger partial charge is 0.465 e. The van der Waals surface area contributed by atoms with E-state index in [1.165, 1.54) is 8.87 Å². The van der Waals surface area contributed by atoms with Crippen LogP contribution in [-0.4, -0.2) is 69.3 Å². The van der Waals surface area contributed by atoms with Crippen molar-refractivity contribution in [3.63, 3.8) is 0 Å². The van der Waals surface area contributed by atoms with Gasteiger partial charge in [-0.15, -0.1) is 0 Å². The van der Waals surface area contributed by atoms with Crippen LogP contribution in [0.15, 0.2) is 84.1 Å². The van der Waals surface area contributed by atoms with E-state index in [2.05, 4.69) is 5.10 Å². The molecule has 12 heteroatoms. The summed E-state index contributed by atoms with van der Waals surface area (Å²) in [6.45, 7) is 0.356. The number of piperidine rings is 1. The summed E-state index contributed by atoms with van der Waals surface area (Å²) >= 11 is 0. The number of hydrogen-bond acceptors (Lipinski definition) is 6. The van der Waals surface area contributed by atoms with Gasteiger partial charge >= 0.3 is 6.09 Å². The molecule has 0 radical (unpaired) electrons. The van der Waals surface area contributed by atoms with Crippen LogP contribution in [0.5, 0.6) is 0 Å². The minimum absolute atomic E-state index is 0.0941. The molecular weight excluding hydrogens is 568 g/mol. The molecule has 2 amide bonds. The number of fused-ring (bicyclic) bond motifs is 4. The van der Waals surface area contributed by atoms with Gasteiger partial charge in [0, 0.05) is 55.5 Å². The number of aryl methyl sites for hydroxylation is 1. The average molecular weight is 597 g/mol. The number of rotatable bonds is 4. The summed E-state index contributed by atoms with van der Waals surface area (Å²) < 4.78 is 32.0. The lowest BCUT2D eigenvalue weighted by Crippen LogP contribution is -2.49. The normalized spacial score (nSPS) is 16.3. The van der Waals surface area contributed by atoms with E-state index in [9.17, 15) is 23.1 Å². The molecule has 0 bridgehead atoms. The summed E-state index contributed by atoms with van der Waals surface area (Å²) in [5, 5.41) is 14.6. The molecule has 1 N–H and O–H groups in total. The van der Waals surface area contributed by atoms with Gasteiger partial charge in [0.15, 0.2) is 5.65 Å². The van der Waals surface area contributed by atoms with E-state index >= 15 is 0 Å². The second kappa shape index (κ2) is 9.53. The number of pyridine rings is 1. The highest BCUT2D eigenvalue weighted by Crippen LogP contribution is 2.54. The first-order valence-electron chi connectivity index (χ1n) is 13.8. The van der Waals surface area contributed by atoms with E-state index in [1.807, 2.05) is 30.3 Å². The maximum Gasteiger partial charge on any atom is 0.407 e. The topological polar surface area (TPSA) is 131 Å². The van der Waals surface area contributed by atoms with Crippen molar-refractivity contribution in [1.82, 2.24) is 23.6 Å². The Morgan fingerprint density at radius 1 is 0.930 bits per heavy atom. The lowest BCUT2D eigenvalue weighted by Gasteiger charge is -2.37. The van der Waals surface area contributed by atoms with E-state index in [4.69, 9.17) is 4.98 Å². The fourth-order valence-electron chi connectivity index (χ4n) is 6.65. The van der Waals surface area contributed by atoms with Crippen LogP contribution in [0.25, 0.3) is 33.4 Å². The van der Waals surface area contributed by atoms with Gasteiger partial charge < -0.3 is 14.9 Å². The molecule has 1 spiro atoms. The highest BCUT2D eigenvalue weighted by molar-refractivity contribution is 7.90. The summed E-state index contributed by atoms with van der Waals surface area (Å²) in [4.78, 5) is 33.6. The summed E-state index contributed by atoms with van der Waals surface area (Å²) in [7, 11) is -0.744. The van der Waals surface area contributed by atoms with Crippen LogP contribution in [0.1, 0.15) is 18.4 Å². The number of carbonyl (C=O) groups is 2. The standard InChI is InChI=1S/C31H28N6O5S/c1-34-19-21(17-33-34)27-24(20-9-5-3-6-10-20)25-26-23(35(2)29(38)31(26)13-15-36(16-14-31)30(39)40)18-32-28(25)37(27)43(41,42)22-11-7-4-8-12-22/h3-12,17-19H,13-16H2,1-2H3,(H,39,40). The number of nitrogens with zero attached hydrogens (tertiary/aromatic N) is 6. The molecule has 5 aromatic rings. The maximum atomic E-state index is 14.6. The third-order valence-electron chi connectivity index (χ3n) is 8.68. The number of carboxylic acid groups (broad SMARTS) is 1. The lowest BCUT2D eigenvalue weighted by molar-refractivity contribution is -0.124. The summed E-state index contributed by atoms with van der Waals surface area (Å²) in [6, 6.07) is 17.7. The van der Waals surface area contributed by atoms with E-state index in [0.717, 1.165) is 5.56 Å². The molecule has 2 aliphatic rings. The number of anilines is 1. The summed E-state index contributed by atoms with van der Waals surface area (Å²) in [5.74, 6) is -0.151. The van der Waals surface area contributed by atoms with E-state index in [0.29, 0.717) is 33.5 Å². The Bertz CT molecular complexity index is 2030. The maximum absolute atomic E-state index is 14.6. The Hall–Kier alpha value is -4.97. The number of likely N-dealkylation sites (N-methyl/N-ethyl adjacent to an activating group) is 1. The van der Waals surface area contributed by atoms with Crippen molar-refractivity contribution in [3.05, 3.63) is 84.8 Å². The molecule has 5 heterocycles.